The number of hydrogen-bond acceptors (Lipinski definition) is 4. The Bertz CT molecular complexity index is 286. The van der Waals surface area contributed by atoms with Crippen molar-refractivity contribution >= 4 is 60.8 Å². The van der Waals surface area contributed by atoms with Gasteiger partial charge >= 0.3 is 48.9 Å². The smallest absolute Gasteiger partial charge is 0.549 e. The van der Waals surface area contributed by atoms with Gasteiger partial charge in [0.15, 0.2) is 0 Å². The van der Waals surface area contributed by atoms with Crippen LogP contribution < -0.4 is 10.2 Å². The van der Waals surface area contributed by atoms with Crippen molar-refractivity contribution in [2.24, 2.45) is 23.7 Å². The summed E-state index contributed by atoms with van der Waals surface area (Å²) >= 11 is 0. The molecule has 0 aromatic carbocycles. The number of hydrogen-bond donors (Lipinski definition) is 0. The largest absolute Gasteiger partial charge is 2.00 e. The van der Waals surface area contributed by atoms with Gasteiger partial charge in [0.05, 0.1) is 11.9 Å². The van der Waals surface area contributed by atoms with Crippen LogP contribution in [0.1, 0.15) is 52.4 Å². The van der Waals surface area contributed by atoms with Crippen molar-refractivity contribution in [2.75, 3.05) is 0 Å². The molecule has 1 saturated carbocycles. The summed E-state index contributed by atoms with van der Waals surface area (Å²) in [6.07, 6.45) is 6.23. The second kappa shape index (κ2) is 9.45. The third kappa shape index (κ3) is 5.42. The number of carbonyl (C=O) groups excluding carboxylic acids is 2. The molecule has 1 aliphatic carbocycles. The maximum Gasteiger partial charge on any atom is 2.00 e. The molecule has 0 bridgehead atoms. The molecule has 0 radical (unpaired) electrons. The van der Waals surface area contributed by atoms with Gasteiger partial charge in [-0.2, -0.15) is 0 Å². The fourth-order valence-electron chi connectivity index (χ4n) is 3.37. The summed E-state index contributed by atoms with van der Waals surface area (Å²) in [4.78, 5) is 22.0. The van der Waals surface area contributed by atoms with Crippen LogP contribution in [0.3, 0.4) is 0 Å². The Hall–Kier alpha value is 0.511. The molecule has 2 atom stereocenters. The van der Waals surface area contributed by atoms with E-state index in [9.17, 15) is 19.8 Å². The quantitative estimate of drug-likeness (QED) is 0.470. The van der Waals surface area contributed by atoms with Crippen molar-refractivity contribution in [2.45, 2.75) is 52.4 Å². The van der Waals surface area contributed by atoms with Crippen molar-refractivity contribution in [3.8, 4) is 0 Å². The fourth-order valence-corrected chi connectivity index (χ4v) is 3.37. The minimum atomic E-state index is -1.51. The molecule has 4 nitrogen and oxygen atoms in total. The summed E-state index contributed by atoms with van der Waals surface area (Å²) in [5.74, 6) is -4.36. The van der Waals surface area contributed by atoms with Crippen LogP contribution in [0.2, 0.25) is 0 Å². The standard InChI is InChI=1S/C14H24O4.Ba/c1-3-11(12(13(15)16)14(17)18)9(2)10-7-5-4-6-8-10;/h9-12H,3-8H2,1-2H3,(H,15,16)(H,17,18);/q;+2/p-2. The summed E-state index contributed by atoms with van der Waals surface area (Å²) < 4.78 is 0. The monoisotopic (exact) mass is 392 g/mol. The van der Waals surface area contributed by atoms with E-state index in [1.165, 1.54) is 6.42 Å². The molecule has 104 valence electrons. The van der Waals surface area contributed by atoms with E-state index in [0.29, 0.717) is 12.3 Å². The van der Waals surface area contributed by atoms with Crippen LogP contribution in [0.25, 0.3) is 0 Å². The zero-order valence-corrected chi connectivity index (χ0v) is 16.3. The summed E-state index contributed by atoms with van der Waals surface area (Å²) in [5.41, 5.74) is 0. The second-order valence-corrected chi connectivity index (χ2v) is 5.45. The third-order valence-electron chi connectivity index (χ3n) is 4.48. The number of carboxylic acids is 2. The van der Waals surface area contributed by atoms with Gasteiger partial charge < -0.3 is 19.8 Å². The molecule has 0 amide bonds. The van der Waals surface area contributed by atoms with E-state index in [-0.39, 0.29) is 60.7 Å². The molecule has 0 aromatic heterocycles. The van der Waals surface area contributed by atoms with Crippen molar-refractivity contribution in [1.29, 1.82) is 0 Å². The molecular formula is C14H22BaO4. The maximum absolute atomic E-state index is 11.0. The van der Waals surface area contributed by atoms with Gasteiger partial charge in [-0.1, -0.05) is 52.4 Å². The Morgan fingerprint density at radius 2 is 1.58 bits per heavy atom. The van der Waals surface area contributed by atoms with Crippen LogP contribution in [0.4, 0.5) is 0 Å². The summed E-state index contributed by atoms with van der Waals surface area (Å²) in [7, 11) is 0. The molecule has 19 heavy (non-hydrogen) atoms. The van der Waals surface area contributed by atoms with Gasteiger partial charge in [0.25, 0.3) is 0 Å². The minimum absolute atomic E-state index is 0. The van der Waals surface area contributed by atoms with Crippen LogP contribution in [0.15, 0.2) is 0 Å². The molecular weight excluding hydrogens is 369 g/mol. The predicted octanol–water partition coefficient (Wildman–Crippen LogP) is -0.0358. The van der Waals surface area contributed by atoms with Crippen LogP contribution in [-0.2, 0) is 9.59 Å². The van der Waals surface area contributed by atoms with Gasteiger partial charge in [-0.25, -0.2) is 0 Å². The van der Waals surface area contributed by atoms with Gasteiger partial charge in [-0.3, -0.25) is 0 Å². The number of carbonyl (C=O) groups is 2. The van der Waals surface area contributed by atoms with Gasteiger partial charge in [0.1, 0.15) is 0 Å². The summed E-state index contributed by atoms with van der Waals surface area (Å²) in [6, 6.07) is 0. The van der Waals surface area contributed by atoms with E-state index in [2.05, 4.69) is 0 Å². The van der Waals surface area contributed by atoms with Crippen molar-refractivity contribution in [1.82, 2.24) is 0 Å². The summed E-state index contributed by atoms with van der Waals surface area (Å²) in [6.45, 7) is 3.81. The Morgan fingerprint density at radius 3 is 1.95 bits per heavy atom. The summed E-state index contributed by atoms with van der Waals surface area (Å²) in [5, 5.41) is 22.0. The number of carboxylic acid groups (broad SMARTS) is 2. The average molecular weight is 392 g/mol. The van der Waals surface area contributed by atoms with Crippen molar-refractivity contribution in [3.05, 3.63) is 0 Å². The first-order chi connectivity index (χ1) is 8.49. The Balaban J connectivity index is 0.00000324. The SMILES string of the molecule is CCC(C(C(=O)[O-])C(=O)[O-])C(C)C1CCCCC1.[Ba+2]. The maximum atomic E-state index is 11.0. The molecule has 1 rings (SSSR count). The molecule has 0 spiro atoms. The number of rotatable bonds is 6. The first kappa shape index (κ1) is 19.5. The molecule has 0 aliphatic heterocycles. The molecule has 0 heterocycles. The first-order valence-electron chi connectivity index (χ1n) is 6.90. The molecule has 0 aromatic rings. The van der Waals surface area contributed by atoms with Gasteiger partial charge in [-0.05, 0) is 17.8 Å². The van der Waals surface area contributed by atoms with Crippen molar-refractivity contribution in [3.63, 3.8) is 0 Å². The van der Waals surface area contributed by atoms with E-state index < -0.39 is 17.9 Å². The Labute approximate surface area is 155 Å². The van der Waals surface area contributed by atoms with Crippen LogP contribution in [0.5, 0.6) is 0 Å². The molecule has 0 N–H and O–H groups in total. The predicted molar refractivity (Wildman–Crippen MR) is 68.8 cm³/mol. The zero-order chi connectivity index (χ0) is 13.7. The zero-order valence-electron chi connectivity index (χ0n) is 11.9. The second-order valence-electron chi connectivity index (χ2n) is 5.45. The Morgan fingerprint density at radius 1 is 1.11 bits per heavy atom. The first-order valence-corrected chi connectivity index (χ1v) is 6.90. The number of aliphatic carboxylic acids is 2. The Kier molecular flexibility index (Phi) is 9.70. The van der Waals surface area contributed by atoms with E-state index in [0.717, 1.165) is 25.7 Å². The van der Waals surface area contributed by atoms with Gasteiger partial charge in [-0.15, -0.1) is 0 Å². The third-order valence-corrected chi connectivity index (χ3v) is 4.48. The molecule has 5 heteroatoms. The van der Waals surface area contributed by atoms with Crippen LogP contribution in [0, 0.1) is 23.7 Å². The molecule has 1 fully saturated rings. The molecule has 2 unspecified atom stereocenters. The minimum Gasteiger partial charge on any atom is -0.549 e. The van der Waals surface area contributed by atoms with Gasteiger partial charge in [0, 0.05) is 5.92 Å². The van der Waals surface area contributed by atoms with E-state index in [1.54, 1.807) is 0 Å². The van der Waals surface area contributed by atoms with Crippen molar-refractivity contribution < 1.29 is 19.8 Å². The average Bonchev–Trinajstić information content (AvgIpc) is 2.35. The fraction of sp³-hybridized carbons (Fsp3) is 0.857. The topological polar surface area (TPSA) is 80.3 Å². The molecule has 1 aliphatic rings. The molecule has 0 saturated heterocycles. The van der Waals surface area contributed by atoms with Gasteiger partial charge in [0.2, 0.25) is 0 Å². The van der Waals surface area contributed by atoms with E-state index in [4.69, 9.17) is 0 Å². The van der Waals surface area contributed by atoms with Crippen LogP contribution in [-0.4, -0.2) is 60.8 Å². The normalized spacial score (nSPS) is 19.5. The van der Waals surface area contributed by atoms with E-state index >= 15 is 0 Å². The van der Waals surface area contributed by atoms with E-state index in [1.807, 2.05) is 13.8 Å². The van der Waals surface area contributed by atoms with Crippen LogP contribution >= 0.6 is 0 Å².